The number of nitrogens with two attached hydrogens (primary N) is 1. The topological polar surface area (TPSA) is 42.1 Å². The van der Waals surface area contributed by atoms with Crippen molar-refractivity contribution >= 4 is 0 Å². The zero-order valence-corrected chi connectivity index (χ0v) is 10.6. The molecule has 0 radical (unpaired) electrons. The Kier molecular flexibility index (Phi) is 4.90. The maximum atomic E-state index is 5.72. The van der Waals surface area contributed by atoms with Gasteiger partial charge in [-0.05, 0) is 49.7 Å². The number of aromatic nitrogens is 1. The molecule has 1 rings (SSSR count). The highest BCUT2D eigenvalue weighted by Crippen LogP contribution is 2.18. The van der Waals surface area contributed by atoms with Gasteiger partial charge in [-0.2, -0.15) is 0 Å². The Morgan fingerprint density at radius 1 is 1.31 bits per heavy atom. The Morgan fingerprint density at radius 2 is 1.94 bits per heavy atom. The predicted molar refractivity (Wildman–Crippen MR) is 68.0 cm³/mol. The minimum atomic E-state index is 0.243. The van der Waals surface area contributed by atoms with Gasteiger partial charge in [0.2, 0.25) is 0 Å². The number of pyridine rings is 1. The van der Waals surface area contributed by atoms with Crippen molar-refractivity contribution < 1.29 is 0 Å². The van der Waals surface area contributed by atoms with Crippen LogP contribution >= 0.6 is 0 Å². The van der Waals surface area contributed by atoms with Crippen molar-refractivity contribution in [2.45, 2.75) is 26.8 Å². The second kappa shape index (κ2) is 5.97. The Balaban J connectivity index is 2.34. The molecule has 3 heteroatoms. The van der Waals surface area contributed by atoms with E-state index >= 15 is 0 Å². The molecular formula is C13H23N3. The first-order chi connectivity index (χ1) is 7.53. The molecule has 1 aromatic rings. The molecule has 0 aliphatic carbocycles. The van der Waals surface area contributed by atoms with Gasteiger partial charge in [0.1, 0.15) is 0 Å². The Bertz CT molecular complexity index is 295. The molecule has 0 aromatic carbocycles. The summed E-state index contributed by atoms with van der Waals surface area (Å²) >= 11 is 0. The van der Waals surface area contributed by atoms with E-state index in [-0.39, 0.29) is 5.41 Å². The summed E-state index contributed by atoms with van der Waals surface area (Å²) in [5, 5.41) is 0. The van der Waals surface area contributed by atoms with Crippen molar-refractivity contribution in [1.29, 1.82) is 0 Å². The summed E-state index contributed by atoms with van der Waals surface area (Å²) in [6.45, 7) is 7.23. The lowest BCUT2D eigenvalue weighted by Crippen LogP contribution is -2.29. The fraction of sp³-hybridized carbons (Fsp3) is 0.615. The van der Waals surface area contributed by atoms with Crippen LogP contribution in [-0.2, 0) is 6.54 Å². The molecule has 1 aromatic heterocycles. The number of nitrogens with zero attached hydrogens (tertiary/aromatic N) is 2. The van der Waals surface area contributed by atoms with Crippen LogP contribution in [0, 0.1) is 5.41 Å². The summed E-state index contributed by atoms with van der Waals surface area (Å²) < 4.78 is 0. The van der Waals surface area contributed by atoms with Crippen molar-refractivity contribution in [2.75, 3.05) is 20.1 Å². The highest BCUT2D eigenvalue weighted by molar-refractivity contribution is 5.09. The van der Waals surface area contributed by atoms with Gasteiger partial charge in [0.15, 0.2) is 0 Å². The highest BCUT2D eigenvalue weighted by Gasteiger charge is 2.15. The maximum Gasteiger partial charge on any atom is 0.0271 e. The molecule has 1 heterocycles. The van der Waals surface area contributed by atoms with E-state index in [9.17, 15) is 0 Å². The summed E-state index contributed by atoms with van der Waals surface area (Å²) in [4.78, 5) is 6.34. The molecule has 0 saturated heterocycles. The zero-order valence-electron chi connectivity index (χ0n) is 10.6. The van der Waals surface area contributed by atoms with Gasteiger partial charge in [-0.3, -0.25) is 4.98 Å². The fourth-order valence-electron chi connectivity index (χ4n) is 1.47. The monoisotopic (exact) mass is 221 g/mol. The minimum absolute atomic E-state index is 0.243. The smallest absolute Gasteiger partial charge is 0.0271 e. The average Bonchev–Trinajstić information content (AvgIpc) is 2.28. The SMILES string of the molecule is CN(CCC(C)(C)CN)Cc1ccncc1. The minimum Gasteiger partial charge on any atom is -0.330 e. The van der Waals surface area contributed by atoms with Gasteiger partial charge < -0.3 is 10.6 Å². The first-order valence-corrected chi connectivity index (χ1v) is 5.81. The van der Waals surface area contributed by atoms with Crippen molar-refractivity contribution in [3.05, 3.63) is 30.1 Å². The van der Waals surface area contributed by atoms with Crippen LogP contribution in [0.4, 0.5) is 0 Å². The summed E-state index contributed by atoms with van der Waals surface area (Å²) in [5.74, 6) is 0. The van der Waals surface area contributed by atoms with Crippen LogP contribution in [0.1, 0.15) is 25.8 Å². The molecule has 3 nitrogen and oxygen atoms in total. The fourth-order valence-corrected chi connectivity index (χ4v) is 1.47. The van der Waals surface area contributed by atoms with Crippen LogP contribution in [0.15, 0.2) is 24.5 Å². The lowest BCUT2D eigenvalue weighted by Gasteiger charge is -2.26. The van der Waals surface area contributed by atoms with Gasteiger partial charge in [-0.1, -0.05) is 13.8 Å². The van der Waals surface area contributed by atoms with E-state index in [1.54, 1.807) is 0 Å². The van der Waals surface area contributed by atoms with Crippen molar-refractivity contribution in [3.63, 3.8) is 0 Å². The maximum absolute atomic E-state index is 5.72. The molecule has 90 valence electrons. The highest BCUT2D eigenvalue weighted by atomic mass is 15.1. The van der Waals surface area contributed by atoms with Crippen LogP contribution < -0.4 is 5.73 Å². The lowest BCUT2D eigenvalue weighted by atomic mass is 9.89. The summed E-state index contributed by atoms with van der Waals surface area (Å²) in [6.07, 6.45) is 4.81. The lowest BCUT2D eigenvalue weighted by molar-refractivity contribution is 0.249. The number of hydrogen-bond acceptors (Lipinski definition) is 3. The molecule has 2 N–H and O–H groups in total. The van der Waals surface area contributed by atoms with Crippen LogP contribution in [0.3, 0.4) is 0 Å². The molecule has 0 aliphatic heterocycles. The van der Waals surface area contributed by atoms with E-state index in [1.165, 1.54) is 5.56 Å². The standard InChI is InChI=1S/C13H23N3/c1-13(2,11-14)6-9-16(3)10-12-4-7-15-8-5-12/h4-5,7-8H,6,9-11,14H2,1-3H3. The second-order valence-corrected chi connectivity index (χ2v) is 5.21. The van der Waals surface area contributed by atoms with Gasteiger partial charge in [0.25, 0.3) is 0 Å². The van der Waals surface area contributed by atoms with Crippen molar-refractivity contribution in [1.82, 2.24) is 9.88 Å². The third kappa shape index (κ3) is 4.73. The number of rotatable bonds is 6. The van der Waals surface area contributed by atoms with Crippen LogP contribution in [0.25, 0.3) is 0 Å². The van der Waals surface area contributed by atoms with Gasteiger partial charge in [0, 0.05) is 18.9 Å². The molecule has 0 amide bonds. The first-order valence-electron chi connectivity index (χ1n) is 5.81. The van der Waals surface area contributed by atoms with Crippen LogP contribution in [0.5, 0.6) is 0 Å². The molecule has 0 aliphatic rings. The van der Waals surface area contributed by atoms with Gasteiger partial charge >= 0.3 is 0 Å². The second-order valence-electron chi connectivity index (χ2n) is 5.21. The third-order valence-electron chi connectivity index (χ3n) is 2.92. The number of hydrogen-bond donors (Lipinski definition) is 1. The van der Waals surface area contributed by atoms with E-state index < -0.39 is 0 Å². The van der Waals surface area contributed by atoms with E-state index in [2.05, 4.69) is 42.9 Å². The molecule has 0 fully saturated rings. The molecule has 0 saturated carbocycles. The zero-order chi connectivity index (χ0) is 12.0. The Labute approximate surface area is 98.7 Å². The van der Waals surface area contributed by atoms with E-state index in [0.29, 0.717) is 0 Å². The van der Waals surface area contributed by atoms with Gasteiger partial charge in [-0.25, -0.2) is 0 Å². The summed E-state index contributed by atoms with van der Waals surface area (Å²) in [7, 11) is 2.15. The van der Waals surface area contributed by atoms with Crippen molar-refractivity contribution in [2.24, 2.45) is 11.1 Å². The first kappa shape index (κ1) is 13.1. The van der Waals surface area contributed by atoms with E-state index in [0.717, 1.165) is 26.1 Å². The van der Waals surface area contributed by atoms with Gasteiger partial charge in [0.05, 0.1) is 0 Å². The third-order valence-corrected chi connectivity index (χ3v) is 2.92. The molecule has 16 heavy (non-hydrogen) atoms. The average molecular weight is 221 g/mol. The Hall–Kier alpha value is -0.930. The normalized spacial score (nSPS) is 12.1. The molecule has 0 atom stereocenters. The quantitative estimate of drug-likeness (QED) is 0.797. The largest absolute Gasteiger partial charge is 0.330 e. The Morgan fingerprint density at radius 3 is 2.50 bits per heavy atom. The van der Waals surface area contributed by atoms with Crippen LogP contribution in [0.2, 0.25) is 0 Å². The van der Waals surface area contributed by atoms with Crippen molar-refractivity contribution in [3.8, 4) is 0 Å². The van der Waals surface area contributed by atoms with E-state index in [1.807, 2.05) is 12.4 Å². The predicted octanol–water partition coefficient (Wildman–Crippen LogP) is 1.89. The van der Waals surface area contributed by atoms with Gasteiger partial charge in [-0.15, -0.1) is 0 Å². The summed E-state index contributed by atoms with van der Waals surface area (Å²) in [6, 6.07) is 4.12. The molecule has 0 unspecified atom stereocenters. The summed E-state index contributed by atoms with van der Waals surface area (Å²) in [5.41, 5.74) is 7.27. The molecular weight excluding hydrogens is 198 g/mol. The molecule has 0 bridgehead atoms. The van der Waals surface area contributed by atoms with Crippen LogP contribution in [-0.4, -0.2) is 30.0 Å². The van der Waals surface area contributed by atoms with E-state index in [4.69, 9.17) is 5.73 Å². The molecule has 0 spiro atoms.